The minimum Gasteiger partial charge on any atom is -0.330 e. The first kappa shape index (κ1) is 13.0. The maximum atomic E-state index is 5.71. The third-order valence-electron chi connectivity index (χ3n) is 3.79. The Bertz CT molecular complexity index is 187. The largest absolute Gasteiger partial charge is 0.330 e. The molecule has 0 saturated carbocycles. The lowest BCUT2D eigenvalue weighted by atomic mass is 9.72. The van der Waals surface area contributed by atoms with E-state index in [9.17, 15) is 0 Å². The molecule has 1 fully saturated rings. The van der Waals surface area contributed by atoms with E-state index in [1.807, 2.05) is 0 Å². The van der Waals surface area contributed by atoms with Gasteiger partial charge in [0.15, 0.2) is 0 Å². The van der Waals surface area contributed by atoms with E-state index in [1.54, 1.807) is 0 Å². The molecule has 0 radical (unpaired) electrons. The van der Waals surface area contributed by atoms with E-state index in [1.165, 1.54) is 32.5 Å². The van der Waals surface area contributed by atoms with Gasteiger partial charge in [0.2, 0.25) is 0 Å². The Morgan fingerprint density at radius 1 is 1.40 bits per heavy atom. The third kappa shape index (κ3) is 3.76. The molecule has 1 unspecified atom stereocenters. The van der Waals surface area contributed by atoms with Crippen LogP contribution in [0.4, 0.5) is 0 Å². The van der Waals surface area contributed by atoms with Gasteiger partial charge in [0.05, 0.1) is 0 Å². The van der Waals surface area contributed by atoms with E-state index < -0.39 is 0 Å². The second kappa shape index (κ2) is 5.31. The topological polar surface area (TPSA) is 29.3 Å². The summed E-state index contributed by atoms with van der Waals surface area (Å²) < 4.78 is 0. The fraction of sp³-hybridized carbons (Fsp3) is 1.00. The number of rotatable bonds is 4. The van der Waals surface area contributed by atoms with Crippen LogP contribution in [0.2, 0.25) is 0 Å². The van der Waals surface area contributed by atoms with Crippen LogP contribution in [0.5, 0.6) is 0 Å². The van der Waals surface area contributed by atoms with Gasteiger partial charge in [-0.1, -0.05) is 27.7 Å². The van der Waals surface area contributed by atoms with E-state index in [0.717, 1.165) is 18.4 Å². The first-order chi connectivity index (χ1) is 6.95. The molecule has 1 heterocycles. The van der Waals surface area contributed by atoms with Crippen molar-refractivity contribution >= 4 is 0 Å². The smallest absolute Gasteiger partial charge is 0.00154 e. The second-order valence-corrected chi connectivity index (χ2v) is 6.17. The predicted molar refractivity (Wildman–Crippen MR) is 66.8 cm³/mol. The zero-order valence-electron chi connectivity index (χ0n) is 10.9. The molecule has 90 valence electrons. The van der Waals surface area contributed by atoms with Crippen molar-refractivity contribution in [1.82, 2.24) is 4.90 Å². The summed E-state index contributed by atoms with van der Waals surface area (Å²) in [6, 6.07) is 0. The Hall–Kier alpha value is -0.0800. The zero-order valence-corrected chi connectivity index (χ0v) is 10.9. The highest BCUT2D eigenvalue weighted by atomic mass is 15.1. The highest BCUT2D eigenvalue weighted by molar-refractivity contribution is 4.87. The first-order valence-electron chi connectivity index (χ1n) is 6.38. The van der Waals surface area contributed by atoms with Gasteiger partial charge in [-0.15, -0.1) is 0 Å². The molecular formula is C13H28N2. The minimum absolute atomic E-state index is 0.493. The van der Waals surface area contributed by atoms with Crippen molar-refractivity contribution in [3.63, 3.8) is 0 Å². The fourth-order valence-corrected chi connectivity index (χ4v) is 2.67. The van der Waals surface area contributed by atoms with Crippen molar-refractivity contribution in [3.05, 3.63) is 0 Å². The van der Waals surface area contributed by atoms with Crippen LogP contribution in [0.1, 0.15) is 40.5 Å². The quantitative estimate of drug-likeness (QED) is 0.775. The Morgan fingerprint density at radius 2 is 2.07 bits per heavy atom. The number of nitrogens with two attached hydrogens (primary N) is 1. The van der Waals surface area contributed by atoms with Gasteiger partial charge in [-0.05, 0) is 43.2 Å². The van der Waals surface area contributed by atoms with Crippen molar-refractivity contribution in [2.24, 2.45) is 23.0 Å². The van der Waals surface area contributed by atoms with Gasteiger partial charge in [-0.2, -0.15) is 0 Å². The van der Waals surface area contributed by atoms with Crippen molar-refractivity contribution in [1.29, 1.82) is 0 Å². The average molecular weight is 212 g/mol. The molecule has 1 aliphatic heterocycles. The fourth-order valence-electron chi connectivity index (χ4n) is 2.67. The van der Waals surface area contributed by atoms with Gasteiger partial charge in [-0.3, -0.25) is 0 Å². The normalized spacial score (nSPS) is 27.2. The molecule has 0 aromatic heterocycles. The summed E-state index contributed by atoms with van der Waals surface area (Å²) in [5, 5.41) is 0. The van der Waals surface area contributed by atoms with Gasteiger partial charge < -0.3 is 10.6 Å². The van der Waals surface area contributed by atoms with E-state index >= 15 is 0 Å². The van der Waals surface area contributed by atoms with Crippen LogP contribution < -0.4 is 5.73 Å². The summed E-state index contributed by atoms with van der Waals surface area (Å²) in [4.78, 5) is 2.62. The minimum atomic E-state index is 0.493. The van der Waals surface area contributed by atoms with E-state index in [2.05, 4.69) is 32.6 Å². The molecular weight excluding hydrogens is 184 g/mol. The van der Waals surface area contributed by atoms with Crippen molar-refractivity contribution in [2.75, 3.05) is 26.2 Å². The number of hydrogen-bond donors (Lipinski definition) is 1. The van der Waals surface area contributed by atoms with E-state index in [-0.39, 0.29) is 0 Å². The van der Waals surface area contributed by atoms with Gasteiger partial charge >= 0.3 is 0 Å². The standard InChI is InChI=1S/C13H28N2/c1-11(2)9-15-8-6-13(3,4)12(10-15)5-7-14/h11-12H,5-10,14H2,1-4H3. The van der Waals surface area contributed by atoms with E-state index in [0.29, 0.717) is 5.41 Å². The number of nitrogens with zero attached hydrogens (tertiary/aromatic N) is 1. The van der Waals surface area contributed by atoms with Gasteiger partial charge in [0.25, 0.3) is 0 Å². The Kier molecular flexibility index (Phi) is 4.60. The first-order valence-corrected chi connectivity index (χ1v) is 6.38. The van der Waals surface area contributed by atoms with Crippen molar-refractivity contribution in [2.45, 2.75) is 40.5 Å². The Labute approximate surface area is 95.2 Å². The van der Waals surface area contributed by atoms with Crippen molar-refractivity contribution < 1.29 is 0 Å². The zero-order chi connectivity index (χ0) is 11.5. The van der Waals surface area contributed by atoms with Crippen LogP contribution in [0, 0.1) is 17.3 Å². The molecule has 2 nitrogen and oxygen atoms in total. The van der Waals surface area contributed by atoms with Crippen molar-refractivity contribution in [3.8, 4) is 0 Å². The molecule has 1 rings (SSSR count). The molecule has 15 heavy (non-hydrogen) atoms. The highest BCUT2D eigenvalue weighted by Gasteiger charge is 2.34. The lowest BCUT2D eigenvalue weighted by Gasteiger charge is -2.44. The molecule has 2 heteroatoms. The van der Waals surface area contributed by atoms with Gasteiger partial charge in [0, 0.05) is 13.1 Å². The molecule has 0 aromatic rings. The monoisotopic (exact) mass is 212 g/mol. The van der Waals surface area contributed by atoms with Gasteiger partial charge in [0.1, 0.15) is 0 Å². The summed E-state index contributed by atoms with van der Waals surface area (Å²) >= 11 is 0. The number of likely N-dealkylation sites (tertiary alicyclic amines) is 1. The molecule has 2 N–H and O–H groups in total. The Balaban J connectivity index is 2.50. The molecule has 1 aliphatic rings. The maximum Gasteiger partial charge on any atom is 0.00154 e. The summed E-state index contributed by atoms with van der Waals surface area (Å²) in [5.74, 6) is 1.57. The van der Waals surface area contributed by atoms with Crippen LogP contribution >= 0.6 is 0 Å². The van der Waals surface area contributed by atoms with Crippen LogP contribution in [0.15, 0.2) is 0 Å². The summed E-state index contributed by atoms with van der Waals surface area (Å²) in [6.45, 7) is 14.0. The molecule has 1 atom stereocenters. The SMILES string of the molecule is CC(C)CN1CCC(C)(C)C(CCN)C1. The second-order valence-electron chi connectivity index (χ2n) is 6.17. The molecule has 1 saturated heterocycles. The number of piperidine rings is 1. The summed E-state index contributed by atoms with van der Waals surface area (Å²) in [6.07, 6.45) is 2.51. The third-order valence-corrected chi connectivity index (χ3v) is 3.79. The lowest BCUT2D eigenvalue weighted by molar-refractivity contribution is 0.0499. The van der Waals surface area contributed by atoms with Crippen LogP contribution in [0.25, 0.3) is 0 Å². The summed E-state index contributed by atoms with van der Waals surface area (Å²) in [5.41, 5.74) is 6.20. The lowest BCUT2D eigenvalue weighted by Crippen LogP contribution is -2.46. The molecule has 0 amide bonds. The van der Waals surface area contributed by atoms with Crippen LogP contribution in [-0.2, 0) is 0 Å². The Morgan fingerprint density at radius 3 is 2.60 bits per heavy atom. The van der Waals surface area contributed by atoms with Crippen LogP contribution in [-0.4, -0.2) is 31.1 Å². The predicted octanol–water partition coefficient (Wildman–Crippen LogP) is 2.34. The highest BCUT2D eigenvalue weighted by Crippen LogP contribution is 2.37. The maximum absolute atomic E-state index is 5.71. The average Bonchev–Trinajstić information content (AvgIpc) is 2.11. The molecule has 0 spiro atoms. The molecule has 0 aromatic carbocycles. The van der Waals surface area contributed by atoms with Crippen LogP contribution in [0.3, 0.4) is 0 Å². The molecule has 0 bridgehead atoms. The van der Waals surface area contributed by atoms with E-state index in [4.69, 9.17) is 5.73 Å². The summed E-state index contributed by atoms with van der Waals surface area (Å²) in [7, 11) is 0. The number of hydrogen-bond acceptors (Lipinski definition) is 2. The van der Waals surface area contributed by atoms with Gasteiger partial charge in [-0.25, -0.2) is 0 Å². The molecule has 0 aliphatic carbocycles.